The Morgan fingerprint density at radius 1 is 1.44 bits per heavy atom. The average Bonchev–Trinajstić information content (AvgIpc) is 2.38. The maximum atomic E-state index is 12.7. The molecule has 0 aromatic heterocycles. The van der Waals surface area contributed by atoms with Gasteiger partial charge < -0.3 is 15.1 Å². The minimum Gasteiger partial charge on any atom is -0.341 e. The van der Waals surface area contributed by atoms with E-state index in [4.69, 9.17) is 0 Å². The smallest absolute Gasteiger partial charge is 0.229 e. The van der Waals surface area contributed by atoms with E-state index >= 15 is 0 Å². The summed E-state index contributed by atoms with van der Waals surface area (Å²) in [6.07, 6.45) is 4.48. The van der Waals surface area contributed by atoms with Gasteiger partial charge in [0.25, 0.3) is 0 Å². The van der Waals surface area contributed by atoms with Crippen LogP contribution in [0.4, 0.5) is 0 Å². The molecule has 0 aromatic rings. The Bertz CT molecular complexity index is 299. The molecule has 2 heterocycles. The number of rotatable bonds is 2. The Kier molecular flexibility index (Phi) is 4.28. The Labute approximate surface area is 111 Å². The number of nitrogens with one attached hydrogen (secondary N) is 1. The van der Waals surface area contributed by atoms with Crippen molar-refractivity contribution in [3.63, 3.8) is 0 Å². The summed E-state index contributed by atoms with van der Waals surface area (Å²) >= 11 is 0. The van der Waals surface area contributed by atoms with Gasteiger partial charge in [-0.3, -0.25) is 4.79 Å². The van der Waals surface area contributed by atoms with Gasteiger partial charge in [0.15, 0.2) is 0 Å². The Balaban J connectivity index is 1.98. The van der Waals surface area contributed by atoms with Crippen LogP contribution in [0.1, 0.15) is 32.6 Å². The van der Waals surface area contributed by atoms with Crippen molar-refractivity contribution in [2.45, 2.75) is 38.6 Å². The molecule has 4 nitrogen and oxygen atoms in total. The van der Waals surface area contributed by atoms with Crippen molar-refractivity contribution in [1.29, 1.82) is 0 Å². The first-order chi connectivity index (χ1) is 8.53. The first-order valence-electron chi connectivity index (χ1n) is 7.19. The zero-order valence-corrected chi connectivity index (χ0v) is 12.0. The molecule has 0 aromatic carbocycles. The molecule has 0 bridgehead atoms. The molecule has 4 heteroatoms. The number of piperidine rings is 2. The minimum absolute atomic E-state index is 0.191. The van der Waals surface area contributed by atoms with Crippen LogP contribution in [0.5, 0.6) is 0 Å². The first kappa shape index (κ1) is 13.8. The van der Waals surface area contributed by atoms with Gasteiger partial charge in [0.1, 0.15) is 0 Å². The van der Waals surface area contributed by atoms with Crippen molar-refractivity contribution in [3.8, 4) is 0 Å². The van der Waals surface area contributed by atoms with Crippen LogP contribution in [0, 0.1) is 5.41 Å². The number of hydrogen-bond donors (Lipinski definition) is 1. The van der Waals surface area contributed by atoms with Crippen molar-refractivity contribution in [3.05, 3.63) is 0 Å². The normalized spacial score (nSPS) is 34.3. The fraction of sp³-hybridized carbons (Fsp3) is 0.929. The van der Waals surface area contributed by atoms with Crippen LogP contribution in [0.25, 0.3) is 0 Å². The molecular formula is C14H27N3O. The predicted octanol–water partition coefficient (Wildman–Crippen LogP) is 0.929. The zero-order valence-electron chi connectivity index (χ0n) is 12.0. The lowest BCUT2D eigenvalue weighted by atomic mass is 9.81. The lowest BCUT2D eigenvalue weighted by molar-refractivity contribution is -0.144. The van der Waals surface area contributed by atoms with Gasteiger partial charge >= 0.3 is 0 Å². The van der Waals surface area contributed by atoms with Crippen molar-refractivity contribution in [1.82, 2.24) is 15.1 Å². The molecule has 0 aliphatic carbocycles. The molecule has 2 unspecified atom stereocenters. The lowest BCUT2D eigenvalue weighted by Gasteiger charge is -2.41. The average molecular weight is 253 g/mol. The summed E-state index contributed by atoms with van der Waals surface area (Å²) in [4.78, 5) is 17.0. The molecule has 2 saturated heterocycles. The summed E-state index contributed by atoms with van der Waals surface area (Å²) in [7, 11) is 4.14. The van der Waals surface area contributed by atoms with Gasteiger partial charge in [-0.1, -0.05) is 0 Å². The third-order valence-corrected chi connectivity index (χ3v) is 4.58. The second-order valence-electron chi connectivity index (χ2n) is 6.32. The number of carbonyl (C=O) groups is 1. The van der Waals surface area contributed by atoms with Crippen LogP contribution in [0.3, 0.4) is 0 Å². The zero-order chi connectivity index (χ0) is 13.2. The van der Waals surface area contributed by atoms with E-state index < -0.39 is 0 Å². The summed E-state index contributed by atoms with van der Waals surface area (Å²) in [5.41, 5.74) is -0.191. The van der Waals surface area contributed by atoms with Crippen LogP contribution in [0.15, 0.2) is 0 Å². The SMILES string of the molecule is CN1CCCC(N(C)C(=O)C2(C)CCCNC2)C1. The highest BCUT2D eigenvalue weighted by molar-refractivity contribution is 5.82. The number of nitrogens with zero attached hydrogens (tertiary/aromatic N) is 2. The Morgan fingerprint density at radius 2 is 2.22 bits per heavy atom. The van der Waals surface area contributed by atoms with Gasteiger partial charge in [0.2, 0.25) is 5.91 Å². The highest BCUT2D eigenvalue weighted by atomic mass is 16.2. The van der Waals surface area contributed by atoms with Crippen molar-refractivity contribution in [2.75, 3.05) is 40.3 Å². The second-order valence-corrected chi connectivity index (χ2v) is 6.32. The summed E-state index contributed by atoms with van der Waals surface area (Å²) in [6.45, 7) is 6.19. The highest BCUT2D eigenvalue weighted by Gasteiger charge is 2.39. The minimum atomic E-state index is -0.191. The Hall–Kier alpha value is -0.610. The molecule has 0 spiro atoms. The molecule has 2 fully saturated rings. The molecule has 18 heavy (non-hydrogen) atoms. The molecule has 2 atom stereocenters. The van der Waals surface area contributed by atoms with Crippen LogP contribution in [-0.4, -0.2) is 62.0 Å². The predicted molar refractivity (Wildman–Crippen MR) is 73.5 cm³/mol. The molecule has 2 aliphatic rings. The number of likely N-dealkylation sites (N-methyl/N-ethyl adjacent to an activating group) is 2. The van der Waals surface area contributed by atoms with Crippen LogP contribution in [-0.2, 0) is 4.79 Å². The molecule has 2 aliphatic heterocycles. The Morgan fingerprint density at radius 3 is 2.83 bits per heavy atom. The van der Waals surface area contributed by atoms with E-state index in [1.165, 1.54) is 6.42 Å². The third-order valence-electron chi connectivity index (χ3n) is 4.58. The third kappa shape index (κ3) is 2.86. The number of carbonyl (C=O) groups excluding carboxylic acids is 1. The summed E-state index contributed by atoms with van der Waals surface area (Å²) < 4.78 is 0. The molecule has 1 N–H and O–H groups in total. The van der Waals surface area contributed by atoms with E-state index in [0.29, 0.717) is 11.9 Å². The second kappa shape index (κ2) is 5.57. The summed E-state index contributed by atoms with van der Waals surface area (Å²) in [6, 6.07) is 0.398. The van der Waals surface area contributed by atoms with E-state index in [0.717, 1.165) is 45.4 Å². The molecule has 0 radical (unpaired) electrons. The number of hydrogen-bond acceptors (Lipinski definition) is 3. The van der Waals surface area contributed by atoms with E-state index in [2.05, 4.69) is 24.2 Å². The maximum Gasteiger partial charge on any atom is 0.229 e. The van der Waals surface area contributed by atoms with Crippen LogP contribution >= 0.6 is 0 Å². The van der Waals surface area contributed by atoms with E-state index in [-0.39, 0.29) is 5.41 Å². The van der Waals surface area contributed by atoms with Gasteiger partial charge in [0, 0.05) is 26.2 Å². The fourth-order valence-corrected chi connectivity index (χ4v) is 3.29. The van der Waals surface area contributed by atoms with Crippen molar-refractivity contribution in [2.24, 2.45) is 5.41 Å². The largest absolute Gasteiger partial charge is 0.341 e. The van der Waals surface area contributed by atoms with Gasteiger partial charge in [0.05, 0.1) is 5.41 Å². The standard InChI is InChI=1S/C14H27N3O/c1-14(7-5-8-15-11-14)13(18)17(3)12-6-4-9-16(2)10-12/h12,15H,4-11H2,1-3H3. The van der Waals surface area contributed by atoms with Crippen LogP contribution in [0.2, 0.25) is 0 Å². The van der Waals surface area contributed by atoms with E-state index in [1.54, 1.807) is 0 Å². The quantitative estimate of drug-likeness (QED) is 0.795. The van der Waals surface area contributed by atoms with Crippen molar-refractivity contribution >= 4 is 5.91 Å². The number of amides is 1. The van der Waals surface area contributed by atoms with Gasteiger partial charge in [-0.05, 0) is 52.7 Å². The molecular weight excluding hydrogens is 226 g/mol. The topological polar surface area (TPSA) is 35.6 Å². The van der Waals surface area contributed by atoms with Crippen LogP contribution < -0.4 is 5.32 Å². The van der Waals surface area contributed by atoms with Crippen molar-refractivity contribution < 1.29 is 4.79 Å². The molecule has 1 amide bonds. The monoisotopic (exact) mass is 253 g/mol. The highest BCUT2D eigenvalue weighted by Crippen LogP contribution is 2.29. The summed E-state index contributed by atoms with van der Waals surface area (Å²) in [5.74, 6) is 0.329. The molecule has 0 saturated carbocycles. The van der Waals surface area contributed by atoms with E-state index in [1.807, 2.05) is 11.9 Å². The number of likely N-dealkylation sites (tertiary alicyclic amines) is 1. The van der Waals surface area contributed by atoms with E-state index in [9.17, 15) is 4.79 Å². The maximum absolute atomic E-state index is 12.7. The fourth-order valence-electron chi connectivity index (χ4n) is 3.29. The van der Waals surface area contributed by atoms with Gasteiger partial charge in [-0.15, -0.1) is 0 Å². The van der Waals surface area contributed by atoms with Gasteiger partial charge in [-0.2, -0.15) is 0 Å². The summed E-state index contributed by atoms with van der Waals surface area (Å²) in [5, 5.41) is 3.36. The lowest BCUT2D eigenvalue weighted by Crippen LogP contribution is -2.54. The van der Waals surface area contributed by atoms with Gasteiger partial charge in [-0.25, -0.2) is 0 Å². The molecule has 104 valence electrons. The molecule has 2 rings (SSSR count). The first-order valence-corrected chi connectivity index (χ1v) is 7.19.